The average molecular weight is 253 g/mol. The summed E-state index contributed by atoms with van der Waals surface area (Å²) in [5.41, 5.74) is 0.564. The fourth-order valence-electron chi connectivity index (χ4n) is 2.14. The molecule has 0 saturated heterocycles. The van der Waals surface area contributed by atoms with Crippen LogP contribution in [0.1, 0.15) is 42.6 Å². The molecular formula is C14H20FNO2. The van der Waals surface area contributed by atoms with Crippen molar-refractivity contribution in [2.24, 2.45) is 0 Å². The molecule has 1 aromatic carbocycles. The second-order valence-corrected chi connectivity index (χ2v) is 4.50. The number of hydrogen-bond acceptors (Lipinski definition) is 2. The van der Waals surface area contributed by atoms with Gasteiger partial charge >= 0.3 is 5.97 Å². The van der Waals surface area contributed by atoms with Crippen molar-refractivity contribution in [3.05, 3.63) is 35.1 Å². The first-order valence-electron chi connectivity index (χ1n) is 6.21. The lowest BCUT2D eigenvalue weighted by Crippen LogP contribution is -2.30. The highest BCUT2D eigenvalue weighted by Gasteiger charge is 2.14. The molecule has 0 atom stereocenters. The molecule has 0 aromatic heterocycles. The van der Waals surface area contributed by atoms with Gasteiger partial charge in [-0.3, -0.25) is 4.90 Å². The van der Waals surface area contributed by atoms with E-state index < -0.39 is 5.97 Å². The van der Waals surface area contributed by atoms with E-state index in [1.165, 1.54) is 18.2 Å². The Labute approximate surface area is 107 Å². The SMILES string of the molecule is CCC(CC)N(C)Cc1cc(C(=O)O)ccc1F. The smallest absolute Gasteiger partial charge is 0.335 e. The van der Waals surface area contributed by atoms with Crippen LogP contribution in [-0.4, -0.2) is 29.1 Å². The molecule has 0 aliphatic carbocycles. The summed E-state index contributed by atoms with van der Waals surface area (Å²) < 4.78 is 13.6. The number of benzene rings is 1. The summed E-state index contributed by atoms with van der Waals surface area (Å²) in [4.78, 5) is 12.9. The van der Waals surface area contributed by atoms with Crippen LogP contribution in [0.2, 0.25) is 0 Å². The minimum atomic E-state index is -1.03. The normalized spacial score (nSPS) is 11.2. The fourth-order valence-corrected chi connectivity index (χ4v) is 2.14. The first-order valence-corrected chi connectivity index (χ1v) is 6.21. The van der Waals surface area contributed by atoms with Gasteiger partial charge in [0.2, 0.25) is 0 Å². The third-order valence-corrected chi connectivity index (χ3v) is 3.28. The van der Waals surface area contributed by atoms with Gasteiger partial charge in [0, 0.05) is 18.2 Å². The highest BCUT2D eigenvalue weighted by Crippen LogP contribution is 2.16. The molecule has 4 heteroatoms. The summed E-state index contributed by atoms with van der Waals surface area (Å²) in [7, 11) is 1.94. The summed E-state index contributed by atoms with van der Waals surface area (Å²) >= 11 is 0. The zero-order valence-electron chi connectivity index (χ0n) is 11.1. The molecule has 0 heterocycles. The predicted octanol–water partition coefficient (Wildman–Crippen LogP) is 3.14. The topological polar surface area (TPSA) is 40.5 Å². The molecule has 0 spiro atoms. The van der Waals surface area contributed by atoms with Crippen LogP contribution >= 0.6 is 0 Å². The van der Waals surface area contributed by atoms with Gasteiger partial charge in [0.05, 0.1) is 5.56 Å². The molecule has 100 valence electrons. The van der Waals surface area contributed by atoms with Gasteiger partial charge in [-0.15, -0.1) is 0 Å². The maximum Gasteiger partial charge on any atom is 0.335 e. The number of carboxylic acid groups (broad SMARTS) is 1. The molecular weight excluding hydrogens is 233 g/mol. The van der Waals surface area contributed by atoms with Crippen molar-refractivity contribution in [2.75, 3.05) is 7.05 Å². The van der Waals surface area contributed by atoms with Crippen LogP contribution in [0.5, 0.6) is 0 Å². The van der Waals surface area contributed by atoms with E-state index in [4.69, 9.17) is 5.11 Å². The van der Waals surface area contributed by atoms with Crippen LogP contribution in [-0.2, 0) is 6.54 Å². The number of hydrogen-bond donors (Lipinski definition) is 1. The lowest BCUT2D eigenvalue weighted by Gasteiger charge is -2.26. The van der Waals surface area contributed by atoms with Gasteiger partial charge < -0.3 is 5.11 Å². The zero-order chi connectivity index (χ0) is 13.7. The molecule has 0 aliphatic heterocycles. The molecule has 1 rings (SSSR count). The van der Waals surface area contributed by atoms with Gasteiger partial charge in [-0.25, -0.2) is 9.18 Å². The van der Waals surface area contributed by atoms with E-state index in [0.29, 0.717) is 18.2 Å². The number of carbonyl (C=O) groups is 1. The predicted molar refractivity (Wildman–Crippen MR) is 69.2 cm³/mol. The Balaban J connectivity index is 2.89. The quantitative estimate of drug-likeness (QED) is 0.846. The van der Waals surface area contributed by atoms with Crippen molar-refractivity contribution >= 4 is 5.97 Å². The summed E-state index contributed by atoms with van der Waals surface area (Å²) in [6.45, 7) is 4.61. The third kappa shape index (κ3) is 3.53. The Bertz CT molecular complexity index is 416. The van der Waals surface area contributed by atoms with Crippen molar-refractivity contribution in [2.45, 2.75) is 39.3 Å². The fraction of sp³-hybridized carbons (Fsp3) is 0.500. The molecule has 0 unspecified atom stereocenters. The standard InChI is InChI=1S/C14H20FNO2/c1-4-12(5-2)16(3)9-11-8-10(14(17)18)6-7-13(11)15/h6-8,12H,4-5,9H2,1-3H3,(H,17,18). The van der Waals surface area contributed by atoms with Crippen LogP contribution in [0.25, 0.3) is 0 Å². The summed E-state index contributed by atoms with van der Waals surface area (Å²) in [6, 6.07) is 4.31. The Morgan fingerprint density at radius 2 is 2.00 bits per heavy atom. The van der Waals surface area contributed by atoms with Crippen molar-refractivity contribution in [1.29, 1.82) is 0 Å². The van der Waals surface area contributed by atoms with E-state index in [0.717, 1.165) is 12.8 Å². The Morgan fingerprint density at radius 1 is 1.39 bits per heavy atom. The Morgan fingerprint density at radius 3 is 2.50 bits per heavy atom. The van der Waals surface area contributed by atoms with Gasteiger partial charge in [-0.2, -0.15) is 0 Å². The lowest BCUT2D eigenvalue weighted by atomic mass is 10.1. The largest absolute Gasteiger partial charge is 0.478 e. The lowest BCUT2D eigenvalue weighted by molar-refractivity contribution is 0.0696. The Kier molecular flexibility index (Phi) is 5.28. The average Bonchev–Trinajstić information content (AvgIpc) is 2.33. The molecule has 1 aromatic rings. The molecule has 0 fully saturated rings. The van der Waals surface area contributed by atoms with Crippen molar-refractivity contribution in [3.63, 3.8) is 0 Å². The van der Waals surface area contributed by atoms with Crippen molar-refractivity contribution in [1.82, 2.24) is 4.90 Å². The molecule has 0 saturated carbocycles. The molecule has 1 N–H and O–H groups in total. The van der Waals surface area contributed by atoms with Gasteiger partial charge in [0.25, 0.3) is 0 Å². The van der Waals surface area contributed by atoms with Gasteiger partial charge in [-0.1, -0.05) is 13.8 Å². The summed E-state index contributed by atoms with van der Waals surface area (Å²) in [5.74, 6) is -1.38. The van der Waals surface area contributed by atoms with Crippen LogP contribution in [0.3, 0.4) is 0 Å². The first kappa shape index (κ1) is 14.6. The molecule has 3 nitrogen and oxygen atoms in total. The van der Waals surface area contributed by atoms with Crippen LogP contribution in [0, 0.1) is 5.82 Å². The molecule has 0 bridgehead atoms. The van der Waals surface area contributed by atoms with Gasteiger partial charge in [0.1, 0.15) is 5.82 Å². The maximum atomic E-state index is 13.6. The maximum absolute atomic E-state index is 13.6. The van der Waals surface area contributed by atoms with E-state index in [-0.39, 0.29) is 11.4 Å². The highest BCUT2D eigenvalue weighted by molar-refractivity contribution is 5.87. The van der Waals surface area contributed by atoms with E-state index in [2.05, 4.69) is 18.7 Å². The minimum Gasteiger partial charge on any atom is -0.478 e. The van der Waals surface area contributed by atoms with Crippen LogP contribution < -0.4 is 0 Å². The molecule has 0 radical (unpaired) electrons. The number of halogens is 1. The number of rotatable bonds is 6. The van der Waals surface area contributed by atoms with E-state index in [9.17, 15) is 9.18 Å². The molecule has 0 amide bonds. The van der Waals surface area contributed by atoms with Gasteiger partial charge in [-0.05, 0) is 38.1 Å². The number of aromatic carboxylic acids is 1. The van der Waals surface area contributed by atoms with E-state index in [1.807, 2.05) is 7.05 Å². The molecule has 18 heavy (non-hydrogen) atoms. The first-order chi connectivity index (χ1) is 8.49. The minimum absolute atomic E-state index is 0.129. The number of carboxylic acids is 1. The zero-order valence-corrected chi connectivity index (χ0v) is 11.1. The monoisotopic (exact) mass is 253 g/mol. The number of nitrogens with zero attached hydrogens (tertiary/aromatic N) is 1. The van der Waals surface area contributed by atoms with E-state index in [1.54, 1.807) is 0 Å². The molecule has 0 aliphatic rings. The highest BCUT2D eigenvalue weighted by atomic mass is 19.1. The van der Waals surface area contributed by atoms with Crippen LogP contribution in [0.4, 0.5) is 4.39 Å². The van der Waals surface area contributed by atoms with Crippen LogP contribution in [0.15, 0.2) is 18.2 Å². The second kappa shape index (κ2) is 6.50. The van der Waals surface area contributed by atoms with Gasteiger partial charge in [0.15, 0.2) is 0 Å². The van der Waals surface area contributed by atoms with E-state index >= 15 is 0 Å². The third-order valence-electron chi connectivity index (χ3n) is 3.28. The van der Waals surface area contributed by atoms with Crippen molar-refractivity contribution in [3.8, 4) is 0 Å². The summed E-state index contributed by atoms with van der Waals surface area (Å²) in [5, 5.41) is 8.90. The summed E-state index contributed by atoms with van der Waals surface area (Å²) in [6.07, 6.45) is 1.99. The second-order valence-electron chi connectivity index (χ2n) is 4.50. The van der Waals surface area contributed by atoms with Crippen molar-refractivity contribution < 1.29 is 14.3 Å². The Hall–Kier alpha value is -1.42.